The zero-order valence-corrected chi connectivity index (χ0v) is 10.1. The van der Waals surface area contributed by atoms with E-state index in [1.54, 1.807) is 0 Å². The lowest BCUT2D eigenvalue weighted by molar-refractivity contribution is 0.0488. The minimum atomic E-state index is -0.197. The molecule has 0 aromatic heterocycles. The van der Waals surface area contributed by atoms with Crippen molar-refractivity contribution in [2.24, 2.45) is 0 Å². The standard InChI is InChI=1S/C12H16FNOS/c1-14-12(11-8-16-7-6-15-11)9-2-4-10(13)5-3-9/h2-5,11-12,14H,6-8H2,1H3. The van der Waals surface area contributed by atoms with Crippen LogP contribution in [0.1, 0.15) is 11.6 Å². The smallest absolute Gasteiger partial charge is 0.123 e. The number of rotatable bonds is 3. The average Bonchev–Trinajstić information content (AvgIpc) is 2.34. The Morgan fingerprint density at radius 1 is 1.44 bits per heavy atom. The Labute approximate surface area is 99.6 Å². The number of ether oxygens (including phenoxy) is 1. The van der Waals surface area contributed by atoms with Gasteiger partial charge in [-0.15, -0.1) is 0 Å². The molecule has 0 spiro atoms. The van der Waals surface area contributed by atoms with Gasteiger partial charge in [0.25, 0.3) is 0 Å². The van der Waals surface area contributed by atoms with Gasteiger partial charge in [0.05, 0.1) is 18.8 Å². The van der Waals surface area contributed by atoms with Crippen molar-refractivity contribution in [3.05, 3.63) is 35.6 Å². The highest BCUT2D eigenvalue weighted by Crippen LogP contribution is 2.25. The van der Waals surface area contributed by atoms with Crippen LogP contribution in [0.5, 0.6) is 0 Å². The minimum Gasteiger partial charge on any atom is -0.375 e. The van der Waals surface area contributed by atoms with Gasteiger partial charge in [0.1, 0.15) is 5.82 Å². The van der Waals surface area contributed by atoms with Gasteiger partial charge in [0.15, 0.2) is 0 Å². The second-order valence-electron chi connectivity index (χ2n) is 3.80. The monoisotopic (exact) mass is 241 g/mol. The second kappa shape index (κ2) is 5.66. The lowest BCUT2D eigenvalue weighted by Crippen LogP contribution is -2.36. The summed E-state index contributed by atoms with van der Waals surface area (Å²) in [5.74, 6) is 1.86. The fraction of sp³-hybridized carbons (Fsp3) is 0.500. The van der Waals surface area contributed by atoms with Crippen molar-refractivity contribution in [2.45, 2.75) is 12.1 Å². The van der Waals surface area contributed by atoms with Gasteiger partial charge in [-0.2, -0.15) is 11.8 Å². The lowest BCUT2D eigenvalue weighted by atomic mass is 10.0. The molecule has 0 amide bonds. The van der Waals surface area contributed by atoms with Gasteiger partial charge in [-0.1, -0.05) is 12.1 Å². The molecule has 0 aliphatic carbocycles. The maximum Gasteiger partial charge on any atom is 0.123 e. The number of hydrogen-bond donors (Lipinski definition) is 1. The van der Waals surface area contributed by atoms with Crippen LogP contribution in [0, 0.1) is 5.82 Å². The number of nitrogens with one attached hydrogen (secondary N) is 1. The van der Waals surface area contributed by atoms with Crippen molar-refractivity contribution in [2.75, 3.05) is 25.2 Å². The van der Waals surface area contributed by atoms with Crippen molar-refractivity contribution in [3.8, 4) is 0 Å². The summed E-state index contributed by atoms with van der Waals surface area (Å²) in [6.45, 7) is 0.800. The maximum atomic E-state index is 12.8. The van der Waals surface area contributed by atoms with E-state index in [4.69, 9.17) is 4.74 Å². The Bertz CT molecular complexity index is 324. The molecule has 1 N–H and O–H groups in total. The highest BCUT2D eigenvalue weighted by Gasteiger charge is 2.24. The van der Waals surface area contributed by atoms with E-state index in [0.717, 1.165) is 23.7 Å². The predicted molar refractivity (Wildman–Crippen MR) is 65.3 cm³/mol. The first-order chi connectivity index (χ1) is 7.81. The number of halogens is 1. The highest BCUT2D eigenvalue weighted by atomic mass is 32.2. The molecule has 1 aromatic carbocycles. The molecule has 2 atom stereocenters. The Kier molecular flexibility index (Phi) is 4.21. The molecule has 1 saturated heterocycles. The summed E-state index contributed by atoms with van der Waals surface area (Å²) in [4.78, 5) is 0. The molecule has 2 nitrogen and oxygen atoms in total. The molecule has 2 unspecified atom stereocenters. The van der Waals surface area contributed by atoms with Crippen LogP contribution in [0.15, 0.2) is 24.3 Å². The molecule has 88 valence electrons. The molecule has 16 heavy (non-hydrogen) atoms. The predicted octanol–water partition coefficient (Wildman–Crippen LogP) is 2.22. The van der Waals surface area contributed by atoms with Crippen LogP contribution in [0.25, 0.3) is 0 Å². The summed E-state index contributed by atoms with van der Waals surface area (Å²) in [5, 5.41) is 3.25. The largest absolute Gasteiger partial charge is 0.375 e. The summed E-state index contributed by atoms with van der Waals surface area (Å²) in [7, 11) is 1.91. The van der Waals surface area contributed by atoms with Crippen molar-refractivity contribution >= 4 is 11.8 Å². The third kappa shape index (κ3) is 2.75. The number of likely N-dealkylation sites (N-methyl/N-ethyl adjacent to an activating group) is 1. The summed E-state index contributed by atoms with van der Waals surface area (Å²) in [6, 6.07) is 6.78. The van der Waals surface area contributed by atoms with E-state index in [9.17, 15) is 4.39 Å². The third-order valence-electron chi connectivity index (χ3n) is 2.75. The molecule has 1 heterocycles. The quantitative estimate of drug-likeness (QED) is 0.876. The zero-order chi connectivity index (χ0) is 11.4. The first-order valence-corrected chi connectivity index (χ1v) is 6.59. The van der Waals surface area contributed by atoms with Gasteiger partial charge < -0.3 is 10.1 Å². The molecule has 0 saturated carbocycles. The van der Waals surface area contributed by atoms with Crippen LogP contribution < -0.4 is 5.32 Å². The maximum absolute atomic E-state index is 12.8. The minimum absolute atomic E-state index is 0.147. The molecule has 1 aliphatic rings. The summed E-state index contributed by atoms with van der Waals surface area (Å²) in [5.41, 5.74) is 1.08. The molecular formula is C12H16FNOS. The lowest BCUT2D eigenvalue weighted by Gasteiger charge is -2.30. The summed E-state index contributed by atoms with van der Waals surface area (Å²) >= 11 is 1.91. The molecule has 1 aliphatic heterocycles. The molecule has 2 rings (SSSR count). The van der Waals surface area contributed by atoms with E-state index in [1.807, 2.05) is 30.9 Å². The van der Waals surface area contributed by atoms with E-state index >= 15 is 0 Å². The highest BCUT2D eigenvalue weighted by molar-refractivity contribution is 7.99. The van der Waals surface area contributed by atoms with Gasteiger partial charge in [0, 0.05) is 11.5 Å². The molecule has 4 heteroatoms. The van der Waals surface area contributed by atoms with E-state index < -0.39 is 0 Å². The van der Waals surface area contributed by atoms with Crippen molar-refractivity contribution < 1.29 is 9.13 Å². The van der Waals surface area contributed by atoms with E-state index in [0.29, 0.717) is 0 Å². The van der Waals surface area contributed by atoms with E-state index in [1.165, 1.54) is 12.1 Å². The third-order valence-corrected chi connectivity index (χ3v) is 3.77. The van der Waals surface area contributed by atoms with Gasteiger partial charge >= 0.3 is 0 Å². The first kappa shape index (κ1) is 11.9. The topological polar surface area (TPSA) is 21.3 Å². The number of thioether (sulfide) groups is 1. The van der Waals surface area contributed by atoms with Crippen LogP contribution >= 0.6 is 11.8 Å². The van der Waals surface area contributed by atoms with Crippen molar-refractivity contribution in [1.29, 1.82) is 0 Å². The van der Waals surface area contributed by atoms with Gasteiger partial charge in [0.2, 0.25) is 0 Å². The van der Waals surface area contributed by atoms with E-state index in [-0.39, 0.29) is 18.0 Å². The molecule has 0 radical (unpaired) electrons. The molecular weight excluding hydrogens is 225 g/mol. The molecule has 0 bridgehead atoms. The van der Waals surface area contributed by atoms with Crippen LogP contribution in [-0.2, 0) is 4.74 Å². The summed E-state index contributed by atoms with van der Waals surface area (Å²) < 4.78 is 18.6. The van der Waals surface area contributed by atoms with Crippen LogP contribution in [0.4, 0.5) is 4.39 Å². The van der Waals surface area contributed by atoms with Crippen LogP contribution in [-0.4, -0.2) is 31.3 Å². The Morgan fingerprint density at radius 3 is 2.75 bits per heavy atom. The first-order valence-electron chi connectivity index (χ1n) is 5.43. The normalized spacial score (nSPS) is 23.0. The van der Waals surface area contributed by atoms with Gasteiger partial charge in [-0.3, -0.25) is 0 Å². The molecule has 1 aromatic rings. The molecule has 1 fully saturated rings. The van der Waals surface area contributed by atoms with Crippen LogP contribution in [0.2, 0.25) is 0 Å². The average molecular weight is 241 g/mol. The van der Waals surface area contributed by atoms with Gasteiger partial charge in [-0.25, -0.2) is 4.39 Å². The zero-order valence-electron chi connectivity index (χ0n) is 9.28. The fourth-order valence-corrected chi connectivity index (χ4v) is 2.84. The van der Waals surface area contributed by atoms with Crippen molar-refractivity contribution in [1.82, 2.24) is 5.32 Å². The van der Waals surface area contributed by atoms with E-state index in [2.05, 4.69) is 5.32 Å². The Hall–Kier alpha value is -0.580. The number of hydrogen-bond acceptors (Lipinski definition) is 3. The summed E-state index contributed by atoms with van der Waals surface area (Å²) in [6.07, 6.45) is 0.175. The Balaban J connectivity index is 2.11. The van der Waals surface area contributed by atoms with Gasteiger partial charge in [-0.05, 0) is 24.7 Å². The SMILES string of the molecule is CNC(c1ccc(F)cc1)C1CSCCO1. The number of benzene rings is 1. The second-order valence-corrected chi connectivity index (χ2v) is 4.95. The van der Waals surface area contributed by atoms with Crippen LogP contribution in [0.3, 0.4) is 0 Å². The fourth-order valence-electron chi connectivity index (χ4n) is 1.94. The van der Waals surface area contributed by atoms with Crippen molar-refractivity contribution in [3.63, 3.8) is 0 Å². The Morgan fingerprint density at radius 2 is 2.19 bits per heavy atom.